The van der Waals surface area contributed by atoms with Crippen molar-refractivity contribution >= 4 is 11.8 Å². The van der Waals surface area contributed by atoms with Gasteiger partial charge in [-0.3, -0.25) is 4.79 Å². The second-order valence-corrected chi connectivity index (χ2v) is 5.53. The third kappa shape index (κ3) is 4.14. The summed E-state index contributed by atoms with van der Waals surface area (Å²) in [7, 11) is 5.79. The van der Waals surface area contributed by atoms with E-state index >= 15 is 0 Å². The Balaban J connectivity index is 2.61. The van der Waals surface area contributed by atoms with Gasteiger partial charge in [0.15, 0.2) is 0 Å². The molecule has 0 fully saturated rings. The van der Waals surface area contributed by atoms with E-state index in [0.717, 1.165) is 5.56 Å². The first-order chi connectivity index (χ1) is 12.5. The Bertz CT molecular complexity index is 744. The Kier molecular flexibility index (Phi) is 6.60. The van der Waals surface area contributed by atoms with Crippen LogP contribution in [0, 0.1) is 0 Å². The van der Waals surface area contributed by atoms with Crippen molar-refractivity contribution in [2.75, 3.05) is 28.4 Å². The Morgan fingerprint density at radius 2 is 1.46 bits per heavy atom. The summed E-state index contributed by atoms with van der Waals surface area (Å²) in [5, 5.41) is 0. The van der Waals surface area contributed by atoms with Crippen LogP contribution in [0.1, 0.15) is 23.5 Å². The predicted octanol–water partition coefficient (Wildman–Crippen LogP) is 2.98. The smallest absolute Gasteiger partial charge is 0.374 e. The summed E-state index contributed by atoms with van der Waals surface area (Å²) in [6, 6.07) is 12.8. The molecule has 2 aromatic rings. The molecule has 0 aromatic heterocycles. The van der Waals surface area contributed by atoms with Crippen LogP contribution in [0.4, 0.5) is 0 Å². The molecule has 0 N–H and O–H groups in total. The number of methoxy groups -OCH3 is 4. The first-order valence-corrected chi connectivity index (χ1v) is 8.01. The fraction of sp³-hybridized carbons (Fsp3) is 0.300. The van der Waals surface area contributed by atoms with Gasteiger partial charge in [-0.05, 0) is 5.56 Å². The SMILES string of the molecule is COC(=O)C(=O)C[C@H](c1ccccc1)c1c(OC)cc(OC)cc1OC. The van der Waals surface area contributed by atoms with Gasteiger partial charge in [-0.25, -0.2) is 4.79 Å². The fourth-order valence-corrected chi connectivity index (χ4v) is 2.83. The molecule has 2 aromatic carbocycles. The molecule has 0 radical (unpaired) electrons. The highest BCUT2D eigenvalue weighted by molar-refractivity contribution is 6.33. The van der Waals surface area contributed by atoms with E-state index in [2.05, 4.69) is 4.74 Å². The lowest BCUT2D eigenvalue weighted by Crippen LogP contribution is -2.19. The summed E-state index contributed by atoms with van der Waals surface area (Å²) < 4.78 is 20.9. The van der Waals surface area contributed by atoms with Crippen LogP contribution in [0.5, 0.6) is 17.2 Å². The van der Waals surface area contributed by atoms with E-state index in [9.17, 15) is 9.59 Å². The highest BCUT2D eigenvalue weighted by atomic mass is 16.5. The summed E-state index contributed by atoms with van der Waals surface area (Å²) in [6.45, 7) is 0. The van der Waals surface area contributed by atoms with E-state index in [1.165, 1.54) is 21.3 Å². The number of hydrogen-bond donors (Lipinski definition) is 0. The zero-order valence-corrected chi connectivity index (χ0v) is 15.3. The van der Waals surface area contributed by atoms with E-state index < -0.39 is 17.7 Å². The fourth-order valence-electron chi connectivity index (χ4n) is 2.83. The minimum atomic E-state index is -0.877. The molecule has 6 heteroatoms. The monoisotopic (exact) mass is 358 g/mol. The molecule has 0 heterocycles. The summed E-state index contributed by atoms with van der Waals surface area (Å²) in [5.74, 6) is -0.369. The lowest BCUT2D eigenvalue weighted by molar-refractivity contribution is -0.151. The van der Waals surface area contributed by atoms with Gasteiger partial charge in [0.05, 0.1) is 28.4 Å². The van der Waals surface area contributed by atoms with Crippen molar-refractivity contribution in [1.29, 1.82) is 0 Å². The average molecular weight is 358 g/mol. The van der Waals surface area contributed by atoms with Crippen LogP contribution in [0.2, 0.25) is 0 Å². The molecule has 0 aliphatic rings. The largest absolute Gasteiger partial charge is 0.496 e. The number of carbonyl (C=O) groups is 2. The van der Waals surface area contributed by atoms with Crippen molar-refractivity contribution in [3.05, 3.63) is 53.6 Å². The van der Waals surface area contributed by atoms with Crippen LogP contribution in [0.15, 0.2) is 42.5 Å². The molecule has 26 heavy (non-hydrogen) atoms. The van der Waals surface area contributed by atoms with Crippen LogP contribution in [0.3, 0.4) is 0 Å². The van der Waals surface area contributed by atoms with Crippen LogP contribution >= 0.6 is 0 Å². The van der Waals surface area contributed by atoms with Crippen molar-refractivity contribution in [1.82, 2.24) is 0 Å². The Hall–Kier alpha value is -3.02. The molecule has 1 atom stereocenters. The maximum Gasteiger partial charge on any atom is 0.374 e. The van der Waals surface area contributed by atoms with Gasteiger partial charge in [-0.1, -0.05) is 30.3 Å². The number of benzene rings is 2. The number of carbonyl (C=O) groups excluding carboxylic acids is 2. The van der Waals surface area contributed by atoms with Crippen molar-refractivity contribution < 1.29 is 28.5 Å². The molecule has 0 amide bonds. The number of rotatable bonds is 8. The molecule has 0 saturated heterocycles. The molecule has 138 valence electrons. The van der Waals surface area contributed by atoms with Gasteiger partial charge in [0, 0.05) is 30.0 Å². The van der Waals surface area contributed by atoms with Crippen LogP contribution in [0.25, 0.3) is 0 Å². The van der Waals surface area contributed by atoms with Crippen molar-refractivity contribution in [2.45, 2.75) is 12.3 Å². The molecule has 0 aliphatic heterocycles. The van der Waals surface area contributed by atoms with Crippen LogP contribution in [-0.2, 0) is 14.3 Å². The Labute approximate surface area is 152 Å². The topological polar surface area (TPSA) is 71.1 Å². The summed E-state index contributed by atoms with van der Waals surface area (Å²) in [4.78, 5) is 23.9. The molecule has 0 bridgehead atoms. The number of ether oxygens (including phenoxy) is 4. The van der Waals surface area contributed by atoms with E-state index in [1.807, 2.05) is 30.3 Å². The third-order valence-electron chi connectivity index (χ3n) is 4.11. The second kappa shape index (κ2) is 8.89. The molecular weight excluding hydrogens is 336 g/mol. The average Bonchev–Trinajstić information content (AvgIpc) is 2.70. The molecule has 0 aliphatic carbocycles. The van der Waals surface area contributed by atoms with Gasteiger partial charge in [-0.2, -0.15) is 0 Å². The normalized spacial score (nSPS) is 11.4. The summed E-state index contributed by atoms with van der Waals surface area (Å²) in [5.41, 5.74) is 1.52. The summed E-state index contributed by atoms with van der Waals surface area (Å²) in [6.07, 6.45) is -0.0737. The lowest BCUT2D eigenvalue weighted by Gasteiger charge is -2.23. The highest BCUT2D eigenvalue weighted by Gasteiger charge is 2.29. The van der Waals surface area contributed by atoms with Gasteiger partial charge in [0.2, 0.25) is 5.78 Å². The highest BCUT2D eigenvalue weighted by Crippen LogP contribution is 2.43. The van der Waals surface area contributed by atoms with E-state index in [0.29, 0.717) is 22.8 Å². The van der Waals surface area contributed by atoms with E-state index in [4.69, 9.17) is 14.2 Å². The zero-order chi connectivity index (χ0) is 19.1. The van der Waals surface area contributed by atoms with Gasteiger partial charge in [0.1, 0.15) is 17.2 Å². The van der Waals surface area contributed by atoms with Gasteiger partial charge in [0.25, 0.3) is 0 Å². The molecule has 0 spiro atoms. The zero-order valence-electron chi connectivity index (χ0n) is 15.3. The van der Waals surface area contributed by atoms with Gasteiger partial charge >= 0.3 is 5.97 Å². The summed E-state index contributed by atoms with van der Waals surface area (Å²) >= 11 is 0. The second-order valence-electron chi connectivity index (χ2n) is 5.53. The van der Waals surface area contributed by atoms with Crippen molar-refractivity contribution in [2.24, 2.45) is 0 Å². The molecule has 2 rings (SSSR count). The molecule has 0 saturated carbocycles. The number of Topliss-reactive ketones (excluding diaryl/α,β-unsaturated/α-hetero) is 1. The standard InChI is InChI=1S/C20H22O6/c1-23-14-10-17(24-2)19(18(11-14)25-3)15(12-16(21)20(22)26-4)13-8-6-5-7-9-13/h5-11,15H,12H2,1-4H3/t15-/m1/s1. The number of esters is 1. The van der Waals surface area contributed by atoms with E-state index in [-0.39, 0.29) is 6.42 Å². The first kappa shape index (κ1) is 19.3. The predicted molar refractivity (Wildman–Crippen MR) is 96.0 cm³/mol. The van der Waals surface area contributed by atoms with Crippen molar-refractivity contribution in [3.63, 3.8) is 0 Å². The van der Waals surface area contributed by atoms with Gasteiger partial charge < -0.3 is 18.9 Å². The molecular formula is C20H22O6. The van der Waals surface area contributed by atoms with Crippen LogP contribution in [-0.4, -0.2) is 40.2 Å². The van der Waals surface area contributed by atoms with Crippen molar-refractivity contribution in [3.8, 4) is 17.2 Å². The van der Waals surface area contributed by atoms with Crippen LogP contribution < -0.4 is 14.2 Å². The Morgan fingerprint density at radius 1 is 0.885 bits per heavy atom. The number of hydrogen-bond acceptors (Lipinski definition) is 6. The Morgan fingerprint density at radius 3 is 1.92 bits per heavy atom. The molecule has 6 nitrogen and oxygen atoms in total. The third-order valence-corrected chi connectivity index (χ3v) is 4.11. The number of ketones is 1. The maximum absolute atomic E-state index is 12.3. The minimum absolute atomic E-state index is 0.0737. The van der Waals surface area contributed by atoms with Gasteiger partial charge in [-0.15, -0.1) is 0 Å². The maximum atomic E-state index is 12.3. The minimum Gasteiger partial charge on any atom is -0.496 e. The van der Waals surface area contributed by atoms with E-state index in [1.54, 1.807) is 19.2 Å². The molecule has 0 unspecified atom stereocenters. The lowest BCUT2D eigenvalue weighted by atomic mass is 9.85. The first-order valence-electron chi connectivity index (χ1n) is 8.01. The quantitative estimate of drug-likeness (QED) is 0.534.